The minimum Gasteiger partial charge on any atom is -0.444 e. The summed E-state index contributed by atoms with van der Waals surface area (Å²) in [6.45, 7) is 3.02. The van der Waals surface area contributed by atoms with E-state index in [0.717, 1.165) is 32.5 Å². The van der Waals surface area contributed by atoms with Crippen molar-refractivity contribution in [1.29, 1.82) is 0 Å². The van der Waals surface area contributed by atoms with Crippen molar-refractivity contribution in [3.8, 4) is 0 Å². The van der Waals surface area contributed by atoms with Gasteiger partial charge in [0.15, 0.2) is 5.82 Å². The van der Waals surface area contributed by atoms with Crippen LogP contribution in [0.2, 0.25) is 10.0 Å². The number of halogens is 2. The minimum absolute atomic E-state index is 0.0459. The SMILES string of the molecule is O=C(Nc1nccc(Cl)c1Cl)OC1CN2CCC1CC2. The van der Waals surface area contributed by atoms with Gasteiger partial charge in [-0.25, -0.2) is 9.78 Å². The maximum Gasteiger partial charge on any atom is 0.413 e. The van der Waals surface area contributed by atoms with Crippen LogP contribution in [-0.4, -0.2) is 41.7 Å². The first-order valence-electron chi connectivity index (χ1n) is 6.63. The smallest absolute Gasteiger partial charge is 0.413 e. The Hall–Kier alpha value is -1.04. The molecule has 0 radical (unpaired) electrons. The van der Waals surface area contributed by atoms with Gasteiger partial charge in [-0.15, -0.1) is 0 Å². The number of rotatable bonds is 2. The Morgan fingerprint density at radius 1 is 1.40 bits per heavy atom. The summed E-state index contributed by atoms with van der Waals surface area (Å²) in [5.74, 6) is 0.694. The number of nitrogens with one attached hydrogen (secondary N) is 1. The predicted molar refractivity (Wildman–Crippen MR) is 77.3 cm³/mol. The largest absolute Gasteiger partial charge is 0.444 e. The van der Waals surface area contributed by atoms with E-state index in [-0.39, 0.29) is 16.9 Å². The third kappa shape index (κ3) is 2.85. The lowest BCUT2D eigenvalue weighted by atomic mass is 9.86. The van der Waals surface area contributed by atoms with E-state index in [1.54, 1.807) is 6.07 Å². The molecule has 1 aromatic rings. The summed E-state index contributed by atoms with van der Waals surface area (Å²) in [4.78, 5) is 18.2. The highest BCUT2D eigenvalue weighted by molar-refractivity contribution is 6.43. The summed E-state index contributed by atoms with van der Waals surface area (Å²) >= 11 is 11.8. The molecule has 108 valence electrons. The van der Waals surface area contributed by atoms with E-state index in [1.807, 2.05) is 0 Å². The summed E-state index contributed by atoms with van der Waals surface area (Å²) in [6.07, 6.45) is 3.09. The summed E-state index contributed by atoms with van der Waals surface area (Å²) in [6, 6.07) is 1.56. The van der Waals surface area contributed by atoms with Crippen molar-refractivity contribution in [3.05, 3.63) is 22.3 Å². The highest BCUT2D eigenvalue weighted by atomic mass is 35.5. The first-order chi connectivity index (χ1) is 9.63. The molecule has 3 aliphatic rings. The number of piperidine rings is 3. The van der Waals surface area contributed by atoms with Crippen LogP contribution < -0.4 is 5.32 Å². The lowest BCUT2D eigenvalue weighted by Crippen LogP contribution is -2.52. The Bertz CT molecular complexity index is 518. The fourth-order valence-corrected chi connectivity index (χ4v) is 3.12. The molecule has 1 amide bonds. The monoisotopic (exact) mass is 315 g/mol. The minimum atomic E-state index is -0.527. The summed E-state index contributed by atoms with van der Waals surface area (Å²) < 4.78 is 5.49. The molecule has 4 rings (SSSR count). The normalized spacial score (nSPS) is 28.2. The number of carbonyl (C=O) groups is 1. The number of nitrogens with zero attached hydrogens (tertiary/aromatic N) is 2. The van der Waals surface area contributed by atoms with Crippen molar-refractivity contribution in [3.63, 3.8) is 0 Å². The van der Waals surface area contributed by atoms with Crippen LogP contribution >= 0.6 is 23.2 Å². The van der Waals surface area contributed by atoms with Crippen LogP contribution in [0.3, 0.4) is 0 Å². The molecule has 0 aromatic carbocycles. The van der Waals surface area contributed by atoms with Crippen LogP contribution in [0.25, 0.3) is 0 Å². The fraction of sp³-hybridized carbons (Fsp3) is 0.538. The van der Waals surface area contributed by atoms with Crippen molar-refractivity contribution < 1.29 is 9.53 Å². The molecule has 1 atom stereocenters. The van der Waals surface area contributed by atoms with E-state index in [4.69, 9.17) is 27.9 Å². The lowest BCUT2D eigenvalue weighted by molar-refractivity contribution is -0.0290. The Morgan fingerprint density at radius 3 is 2.80 bits per heavy atom. The number of aromatic nitrogens is 1. The van der Waals surface area contributed by atoms with Crippen LogP contribution in [0.5, 0.6) is 0 Å². The number of amides is 1. The molecule has 3 saturated heterocycles. The number of carbonyl (C=O) groups excluding carboxylic acids is 1. The molecule has 4 heterocycles. The van der Waals surface area contributed by atoms with Gasteiger partial charge in [0.25, 0.3) is 0 Å². The predicted octanol–water partition coefficient (Wildman–Crippen LogP) is 3.03. The Morgan fingerprint density at radius 2 is 2.15 bits per heavy atom. The quantitative estimate of drug-likeness (QED) is 0.911. The Balaban J connectivity index is 1.61. The average molecular weight is 316 g/mol. The fourth-order valence-electron chi connectivity index (χ4n) is 2.82. The molecule has 3 aliphatic heterocycles. The van der Waals surface area contributed by atoms with Gasteiger partial charge >= 0.3 is 6.09 Å². The zero-order valence-corrected chi connectivity index (χ0v) is 12.3. The van der Waals surface area contributed by atoms with E-state index in [0.29, 0.717) is 10.9 Å². The third-order valence-electron chi connectivity index (χ3n) is 3.92. The summed E-state index contributed by atoms with van der Waals surface area (Å²) in [5.41, 5.74) is 0. The highest BCUT2D eigenvalue weighted by Crippen LogP contribution is 2.30. The second kappa shape index (κ2) is 5.76. The molecule has 5 nitrogen and oxygen atoms in total. The maximum atomic E-state index is 11.9. The molecule has 0 spiro atoms. The maximum absolute atomic E-state index is 11.9. The van der Waals surface area contributed by atoms with Gasteiger partial charge in [-0.1, -0.05) is 23.2 Å². The van der Waals surface area contributed by atoms with Crippen LogP contribution in [0.4, 0.5) is 10.6 Å². The molecule has 2 bridgehead atoms. The number of ether oxygens (including phenoxy) is 1. The van der Waals surface area contributed by atoms with Crippen molar-refractivity contribution in [2.45, 2.75) is 18.9 Å². The molecule has 20 heavy (non-hydrogen) atoms. The number of anilines is 1. The molecular formula is C13H15Cl2N3O2. The van der Waals surface area contributed by atoms with E-state index in [2.05, 4.69) is 15.2 Å². The first-order valence-corrected chi connectivity index (χ1v) is 7.39. The topological polar surface area (TPSA) is 54.5 Å². The average Bonchev–Trinajstić information content (AvgIpc) is 2.45. The Kier molecular flexibility index (Phi) is 4.01. The molecule has 0 saturated carbocycles. The van der Waals surface area contributed by atoms with Gasteiger partial charge < -0.3 is 4.74 Å². The first kappa shape index (κ1) is 13.9. The molecule has 3 fully saturated rings. The van der Waals surface area contributed by atoms with E-state index < -0.39 is 6.09 Å². The van der Waals surface area contributed by atoms with Crippen LogP contribution in [-0.2, 0) is 4.74 Å². The zero-order chi connectivity index (χ0) is 14.1. The van der Waals surface area contributed by atoms with Crippen molar-refractivity contribution in [2.24, 2.45) is 5.92 Å². The summed E-state index contributed by atoms with van der Waals surface area (Å²) in [7, 11) is 0. The van der Waals surface area contributed by atoms with Gasteiger partial charge in [-0.05, 0) is 37.9 Å². The van der Waals surface area contributed by atoms with Crippen molar-refractivity contribution in [2.75, 3.05) is 25.0 Å². The Labute approximate surface area is 127 Å². The number of fused-ring (bicyclic) bond motifs is 3. The van der Waals surface area contributed by atoms with Crippen LogP contribution in [0.1, 0.15) is 12.8 Å². The molecular weight excluding hydrogens is 301 g/mol. The summed E-state index contributed by atoms with van der Waals surface area (Å²) in [5, 5.41) is 3.12. The van der Waals surface area contributed by atoms with Crippen LogP contribution in [0, 0.1) is 5.92 Å². The van der Waals surface area contributed by atoms with Gasteiger partial charge in [-0.3, -0.25) is 10.2 Å². The highest BCUT2D eigenvalue weighted by Gasteiger charge is 2.36. The third-order valence-corrected chi connectivity index (χ3v) is 4.71. The van der Waals surface area contributed by atoms with Crippen LogP contribution in [0.15, 0.2) is 12.3 Å². The number of pyridine rings is 1. The van der Waals surface area contributed by atoms with Gasteiger partial charge in [0.2, 0.25) is 0 Å². The van der Waals surface area contributed by atoms with Gasteiger partial charge in [0, 0.05) is 12.7 Å². The number of hydrogen-bond acceptors (Lipinski definition) is 4. The number of hydrogen-bond donors (Lipinski definition) is 1. The van der Waals surface area contributed by atoms with E-state index in [1.165, 1.54) is 6.20 Å². The molecule has 1 aromatic heterocycles. The second-order valence-corrected chi connectivity index (χ2v) is 5.95. The van der Waals surface area contributed by atoms with Crippen molar-refractivity contribution in [1.82, 2.24) is 9.88 Å². The molecule has 7 heteroatoms. The lowest BCUT2D eigenvalue weighted by Gasteiger charge is -2.43. The van der Waals surface area contributed by atoms with Gasteiger partial charge in [0.05, 0.1) is 5.02 Å². The molecule has 1 N–H and O–H groups in total. The van der Waals surface area contributed by atoms with Crippen molar-refractivity contribution >= 4 is 35.1 Å². The van der Waals surface area contributed by atoms with E-state index in [9.17, 15) is 4.79 Å². The second-order valence-electron chi connectivity index (χ2n) is 5.16. The zero-order valence-electron chi connectivity index (χ0n) is 10.8. The molecule has 0 aliphatic carbocycles. The van der Waals surface area contributed by atoms with Gasteiger partial charge in [-0.2, -0.15) is 0 Å². The van der Waals surface area contributed by atoms with E-state index >= 15 is 0 Å². The standard InChI is InChI=1S/C13H15Cl2N3O2/c14-9-1-4-16-12(11(9)15)17-13(19)20-10-7-18-5-2-8(10)3-6-18/h1,4,8,10H,2-3,5-7H2,(H,16,17,19). The van der Waals surface area contributed by atoms with Gasteiger partial charge in [0.1, 0.15) is 11.1 Å². The molecule has 1 unspecified atom stereocenters.